The Bertz CT molecular complexity index is 1550. The summed E-state index contributed by atoms with van der Waals surface area (Å²) in [6, 6.07) is 6.34. The summed E-state index contributed by atoms with van der Waals surface area (Å²) >= 11 is 0. The van der Waals surface area contributed by atoms with Gasteiger partial charge >= 0.3 is 0 Å². The Balaban J connectivity index is 1.67. The van der Waals surface area contributed by atoms with Crippen LogP contribution in [0.4, 0.5) is 17.6 Å². The fourth-order valence-electron chi connectivity index (χ4n) is 4.43. The lowest BCUT2D eigenvalue weighted by Crippen LogP contribution is -2.26. The summed E-state index contributed by atoms with van der Waals surface area (Å²) < 4.78 is 67.5. The molecule has 12 heteroatoms. The van der Waals surface area contributed by atoms with Crippen LogP contribution in [0.3, 0.4) is 0 Å². The number of fused-ring (bicyclic) bond motifs is 1. The van der Waals surface area contributed by atoms with Gasteiger partial charge in [0.15, 0.2) is 11.3 Å². The molecule has 2 atom stereocenters. The molecular weight excluding hydrogens is 494 g/mol. The predicted octanol–water partition coefficient (Wildman–Crippen LogP) is 4.65. The van der Waals surface area contributed by atoms with Crippen LogP contribution in [0.25, 0.3) is 22.3 Å². The van der Waals surface area contributed by atoms with E-state index in [2.05, 4.69) is 19.9 Å². The maximum absolute atomic E-state index is 14.8. The van der Waals surface area contributed by atoms with Gasteiger partial charge in [0, 0.05) is 43.5 Å². The summed E-state index contributed by atoms with van der Waals surface area (Å²) in [4.78, 5) is 30.0. The molecule has 1 aliphatic heterocycles. The van der Waals surface area contributed by atoms with Gasteiger partial charge < -0.3 is 9.47 Å². The summed E-state index contributed by atoms with van der Waals surface area (Å²) in [5, 5.41) is 0. The zero-order valence-corrected chi connectivity index (χ0v) is 19.8. The van der Waals surface area contributed by atoms with Crippen LogP contribution in [0, 0.1) is 11.6 Å². The van der Waals surface area contributed by atoms with Gasteiger partial charge in [-0.1, -0.05) is 0 Å². The molecule has 37 heavy (non-hydrogen) atoms. The van der Waals surface area contributed by atoms with Gasteiger partial charge in [0.2, 0.25) is 5.88 Å². The second kappa shape index (κ2) is 9.85. The molecule has 0 radical (unpaired) electrons. The Morgan fingerprint density at radius 3 is 2.65 bits per heavy atom. The molecule has 0 amide bonds. The number of ether oxygens (including phenoxy) is 2. The molecular formula is C25H21F4N5O3. The molecule has 1 aromatic carbocycles. The van der Waals surface area contributed by atoms with E-state index >= 15 is 0 Å². The van der Waals surface area contributed by atoms with Crippen LogP contribution in [0.15, 0.2) is 41.3 Å². The van der Waals surface area contributed by atoms with Crippen molar-refractivity contribution in [2.75, 3.05) is 13.7 Å². The van der Waals surface area contributed by atoms with Gasteiger partial charge in [-0.3, -0.25) is 9.36 Å². The number of aromatic nitrogens is 5. The Hall–Kier alpha value is -3.93. The van der Waals surface area contributed by atoms with Crippen LogP contribution in [-0.4, -0.2) is 38.2 Å². The molecule has 0 saturated carbocycles. The third kappa shape index (κ3) is 4.64. The molecule has 0 bridgehead atoms. The second-order valence-electron chi connectivity index (χ2n) is 8.60. The van der Waals surface area contributed by atoms with Gasteiger partial charge in [-0.15, -0.1) is 0 Å². The molecule has 0 aliphatic carbocycles. The van der Waals surface area contributed by atoms with Crippen LogP contribution in [0.5, 0.6) is 5.88 Å². The topological polar surface area (TPSA) is 92.0 Å². The Morgan fingerprint density at radius 2 is 1.92 bits per heavy atom. The minimum absolute atomic E-state index is 0.161. The molecule has 1 aliphatic rings. The molecule has 5 rings (SSSR count). The van der Waals surface area contributed by atoms with Crippen LogP contribution in [0.1, 0.15) is 48.5 Å². The number of hydrogen-bond acceptors (Lipinski definition) is 7. The number of nitrogens with zero attached hydrogens (tertiary/aromatic N) is 5. The zero-order chi connectivity index (χ0) is 26.3. The van der Waals surface area contributed by atoms with E-state index in [4.69, 9.17) is 9.47 Å². The van der Waals surface area contributed by atoms with Gasteiger partial charge in [0.25, 0.3) is 12.0 Å². The van der Waals surface area contributed by atoms with Crippen molar-refractivity contribution in [1.29, 1.82) is 0 Å². The number of benzene rings is 1. The van der Waals surface area contributed by atoms with Crippen molar-refractivity contribution in [3.8, 4) is 17.1 Å². The van der Waals surface area contributed by atoms with Crippen LogP contribution < -0.4 is 10.3 Å². The lowest BCUT2D eigenvalue weighted by atomic mass is 9.91. The first kappa shape index (κ1) is 24.8. The number of pyridine rings is 1. The van der Waals surface area contributed by atoms with E-state index in [0.29, 0.717) is 36.0 Å². The van der Waals surface area contributed by atoms with E-state index in [-0.39, 0.29) is 40.1 Å². The van der Waals surface area contributed by atoms with E-state index in [0.717, 1.165) is 24.7 Å². The van der Waals surface area contributed by atoms with E-state index < -0.39 is 29.4 Å². The number of rotatable bonds is 5. The highest BCUT2D eigenvalue weighted by Gasteiger charge is 2.30. The molecule has 4 heterocycles. The fourth-order valence-corrected chi connectivity index (χ4v) is 4.43. The summed E-state index contributed by atoms with van der Waals surface area (Å²) in [5.41, 5.74) is -0.861. The van der Waals surface area contributed by atoms with Gasteiger partial charge in [0.05, 0.1) is 13.2 Å². The predicted molar refractivity (Wildman–Crippen MR) is 124 cm³/mol. The van der Waals surface area contributed by atoms with Crippen LogP contribution in [0.2, 0.25) is 0 Å². The van der Waals surface area contributed by atoms with Gasteiger partial charge in [-0.2, -0.15) is 0 Å². The van der Waals surface area contributed by atoms with E-state index in [1.165, 1.54) is 7.11 Å². The van der Waals surface area contributed by atoms with Crippen molar-refractivity contribution in [1.82, 2.24) is 24.5 Å². The molecule has 8 nitrogen and oxygen atoms in total. The van der Waals surface area contributed by atoms with Gasteiger partial charge in [0.1, 0.15) is 28.7 Å². The van der Waals surface area contributed by atoms with Crippen molar-refractivity contribution >= 4 is 11.0 Å². The maximum atomic E-state index is 14.8. The van der Waals surface area contributed by atoms with Crippen LogP contribution in [-0.2, 0) is 11.8 Å². The van der Waals surface area contributed by atoms with E-state index in [9.17, 15) is 22.4 Å². The average molecular weight is 515 g/mol. The lowest BCUT2D eigenvalue weighted by Gasteiger charge is -2.29. The first-order chi connectivity index (χ1) is 17.8. The molecule has 1 saturated heterocycles. The summed E-state index contributed by atoms with van der Waals surface area (Å²) in [6.45, 7) is 0.349. The normalized spacial score (nSPS) is 17.9. The highest BCUT2D eigenvalue weighted by molar-refractivity contribution is 5.88. The number of methoxy groups -OCH3 is 1. The quantitative estimate of drug-likeness (QED) is 0.358. The largest absolute Gasteiger partial charge is 0.481 e. The highest BCUT2D eigenvalue weighted by Crippen LogP contribution is 2.38. The summed E-state index contributed by atoms with van der Waals surface area (Å²) in [7, 11) is 2.67. The van der Waals surface area contributed by atoms with Gasteiger partial charge in [-0.25, -0.2) is 37.5 Å². The van der Waals surface area contributed by atoms with Crippen molar-refractivity contribution in [3.05, 3.63) is 75.7 Å². The minimum atomic E-state index is -3.07. The average Bonchev–Trinajstić information content (AvgIpc) is 2.90. The number of halogens is 4. The minimum Gasteiger partial charge on any atom is -0.481 e. The van der Waals surface area contributed by atoms with Crippen molar-refractivity contribution in [2.24, 2.45) is 7.05 Å². The molecule has 0 spiro atoms. The fraction of sp³-hybridized carbons (Fsp3) is 0.320. The van der Waals surface area contributed by atoms with Crippen molar-refractivity contribution in [2.45, 2.75) is 31.3 Å². The Labute approximate surface area is 207 Å². The van der Waals surface area contributed by atoms with Crippen LogP contribution >= 0.6 is 0 Å². The van der Waals surface area contributed by atoms with Crippen molar-refractivity contribution < 1.29 is 27.0 Å². The molecule has 3 aromatic heterocycles. The van der Waals surface area contributed by atoms with E-state index in [1.807, 2.05) is 0 Å². The molecule has 4 aromatic rings. The smallest absolute Gasteiger partial charge is 0.295 e. The Morgan fingerprint density at radius 1 is 1.11 bits per heavy atom. The lowest BCUT2D eigenvalue weighted by molar-refractivity contribution is 0.00385. The first-order valence-corrected chi connectivity index (χ1v) is 11.4. The first-order valence-electron chi connectivity index (χ1n) is 11.4. The second-order valence-corrected chi connectivity index (χ2v) is 8.60. The standard InChI is InChI=1S/C25H21F4N5O3/c1-34-24(22(28)29)33-20-19(15-4-3-14(26)11-16(15)27)31-23(32-21(20)25(34)35)13-6-8-37-17(9-13)12-5-7-30-18(10-12)36-2/h3-5,7,10-11,13,17,22H,6,8-9H2,1-2H3. The van der Waals surface area contributed by atoms with Gasteiger partial charge in [-0.05, 0) is 36.6 Å². The number of alkyl halides is 2. The van der Waals surface area contributed by atoms with Crippen molar-refractivity contribution in [3.63, 3.8) is 0 Å². The zero-order valence-electron chi connectivity index (χ0n) is 19.8. The van der Waals surface area contributed by atoms with E-state index in [1.54, 1.807) is 18.3 Å². The highest BCUT2D eigenvalue weighted by atomic mass is 19.3. The molecule has 0 N–H and O–H groups in total. The maximum Gasteiger partial charge on any atom is 0.295 e. The molecule has 1 fully saturated rings. The Kier molecular flexibility index (Phi) is 6.59. The molecule has 192 valence electrons. The summed E-state index contributed by atoms with van der Waals surface area (Å²) in [6.07, 6.45) is -0.908. The molecule has 2 unspecified atom stereocenters. The number of hydrogen-bond donors (Lipinski definition) is 0. The SMILES string of the molecule is COc1cc(C2CC(c3nc(-c4ccc(F)cc4F)c4nc(C(F)F)n(C)c(=O)c4n3)CCO2)ccn1. The monoisotopic (exact) mass is 515 g/mol. The third-order valence-corrected chi connectivity index (χ3v) is 6.35. The summed E-state index contributed by atoms with van der Waals surface area (Å²) in [5.74, 6) is -2.29. The third-order valence-electron chi connectivity index (χ3n) is 6.35.